The number of hydrazine groups is 1. The Morgan fingerprint density at radius 1 is 0.714 bits per heavy atom. The number of rotatable bonds is 1. The molecule has 4 N–H and O–H groups in total. The number of pyridine rings is 2. The summed E-state index contributed by atoms with van der Waals surface area (Å²) in [7, 11) is 0. The van der Waals surface area contributed by atoms with Crippen molar-refractivity contribution >= 4 is 0 Å². The zero-order valence-corrected chi connectivity index (χ0v) is 7.67. The van der Waals surface area contributed by atoms with Crippen molar-refractivity contribution in [2.45, 2.75) is 0 Å². The van der Waals surface area contributed by atoms with Crippen molar-refractivity contribution in [2.75, 3.05) is 0 Å². The minimum atomic E-state index is 0.915. The average molecular weight is 188 g/mol. The molecule has 0 spiro atoms. The summed E-state index contributed by atoms with van der Waals surface area (Å²) in [6, 6.07) is 11.6. The summed E-state index contributed by atoms with van der Waals surface area (Å²) in [6.07, 6.45) is 3.54. The Kier molecular flexibility index (Phi) is 4.26. The van der Waals surface area contributed by atoms with E-state index in [1.54, 1.807) is 12.4 Å². The summed E-state index contributed by atoms with van der Waals surface area (Å²) in [6.45, 7) is 0. The Balaban J connectivity index is 0.000000461. The summed E-state index contributed by atoms with van der Waals surface area (Å²) < 4.78 is 0. The van der Waals surface area contributed by atoms with E-state index in [0.717, 1.165) is 11.4 Å². The quantitative estimate of drug-likeness (QED) is 0.516. The SMILES string of the molecule is NN.c1ccc(-c2ccccn2)nc1. The Labute approximate surface area is 82.6 Å². The molecular formula is C10H12N4. The first-order valence-electron chi connectivity index (χ1n) is 4.12. The summed E-state index contributed by atoms with van der Waals surface area (Å²) in [5.74, 6) is 8.00. The van der Waals surface area contributed by atoms with Crippen molar-refractivity contribution in [3.63, 3.8) is 0 Å². The molecule has 0 fully saturated rings. The van der Waals surface area contributed by atoms with Crippen LogP contribution in [0.5, 0.6) is 0 Å². The smallest absolute Gasteiger partial charge is 0.0886 e. The average Bonchev–Trinajstić information content (AvgIpc) is 2.34. The predicted octanol–water partition coefficient (Wildman–Crippen LogP) is 0.962. The molecule has 0 aliphatic rings. The van der Waals surface area contributed by atoms with Crippen LogP contribution in [0, 0.1) is 0 Å². The lowest BCUT2D eigenvalue weighted by molar-refractivity contribution is 1.25. The second-order valence-corrected chi connectivity index (χ2v) is 2.43. The van der Waals surface area contributed by atoms with E-state index in [1.165, 1.54) is 0 Å². The van der Waals surface area contributed by atoms with Crippen molar-refractivity contribution < 1.29 is 0 Å². The highest BCUT2D eigenvalue weighted by atomic mass is 15.0. The van der Waals surface area contributed by atoms with Crippen LogP contribution in [-0.2, 0) is 0 Å². The van der Waals surface area contributed by atoms with Crippen molar-refractivity contribution in [1.29, 1.82) is 0 Å². The topological polar surface area (TPSA) is 77.8 Å². The largest absolute Gasteiger partial charge is 0.274 e. The Hall–Kier alpha value is -1.78. The molecule has 2 aromatic rings. The molecule has 0 bridgehead atoms. The molecule has 72 valence electrons. The molecule has 0 aliphatic heterocycles. The van der Waals surface area contributed by atoms with Crippen LogP contribution < -0.4 is 11.7 Å². The van der Waals surface area contributed by atoms with Gasteiger partial charge in [0.25, 0.3) is 0 Å². The molecule has 4 nitrogen and oxygen atoms in total. The van der Waals surface area contributed by atoms with Gasteiger partial charge in [-0.05, 0) is 24.3 Å². The minimum Gasteiger partial charge on any atom is -0.274 e. The number of hydrogen-bond acceptors (Lipinski definition) is 4. The minimum absolute atomic E-state index is 0.915. The normalized spacial score (nSPS) is 8.71. The third kappa shape index (κ3) is 2.62. The van der Waals surface area contributed by atoms with Crippen LogP contribution in [0.4, 0.5) is 0 Å². The molecule has 2 rings (SSSR count). The molecule has 0 atom stereocenters. The third-order valence-corrected chi connectivity index (χ3v) is 1.59. The van der Waals surface area contributed by atoms with Gasteiger partial charge in [-0.25, -0.2) is 0 Å². The van der Waals surface area contributed by atoms with Crippen molar-refractivity contribution in [3.8, 4) is 11.4 Å². The molecule has 14 heavy (non-hydrogen) atoms. The van der Waals surface area contributed by atoms with Crippen LogP contribution in [0.1, 0.15) is 0 Å². The van der Waals surface area contributed by atoms with E-state index in [-0.39, 0.29) is 0 Å². The van der Waals surface area contributed by atoms with Gasteiger partial charge in [0.15, 0.2) is 0 Å². The maximum atomic E-state index is 4.19. The first-order chi connectivity index (χ1) is 6.97. The van der Waals surface area contributed by atoms with Crippen LogP contribution in [0.3, 0.4) is 0 Å². The van der Waals surface area contributed by atoms with E-state index in [2.05, 4.69) is 21.7 Å². The third-order valence-electron chi connectivity index (χ3n) is 1.59. The summed E-state index contributed by atoms with van der Waals surface area (Å²) >= 11 is 0. The Morgan fingerprint density at radius 3 is 1.43 bits per heavy atom. The van der Waals surface area contributed by atoms with Gasteiger partial charge in [-0.2, -0.15) is 0 Å². The van der Waals surface area contributed by atoms with Gasteiger partial charge in [-0.15, -0.1) is 0 Å². The Morgan fingerprint density at radius 2 is 1.14 bits per heavy atom. The van der Waals surface area contributed by atoms with Gasteiger partial charge in [0.1, 0.15) is 0 Å². The molecular weight excluding hydrogens is 176 g/mol. The second kappa shape index (κ2) is 5.80. The number of nitrogens with zero attached hydrogens (tertiary/aromatic N) is 2. The van der Waals surface area contributed by atoms with E-state index in [0.29, 0.717) is 0 Å². The van der Waals surface area contributed by atoms with Crippen molar-refractivity contribution in [1.82, 2.24) is 9.97 Å². The zero-order valence-electron chi connectivity index (χ0n) is 7.67. The molecule has 0 saturated heterocycles. The summed E-state index contributed by atoms with van der Waals surface area (Å²) in [4.78, 5) is 8.37. The number of aromatic nitrogens is 2. The van der Waals surface area contributed by atoms with Crippen LogP contribution in [-0.4, -0.2) is 9.97 Å². The van der Waals surface area contributed by atoms with Gasteiger partial charge in [0, 0.05) is 12.4 Å². The van der Waals surface area contributed by atoms with E-state index >= 15 is 0 Å². The first-order valence-corrected chi connectivity index (χ1v) is 4.12. The standard InChI is InChI=1S/C10H8N2.H4N2/c1-3-7-11-9(5-1)10-6-2-4-8-12-10;1-2/h1-8H;1-2H2. The maximum absolute atomic E-state index is 4.19. The van der Waals surface area contributed by atoms with Crippen LogP contribution in [0.25, 0.3) is 11.4 Å². The lowest BCUT2D eigenvalue weighted by atomic mass is 10.2. The highest BCUT2D eigenvalue weighted by Crippen LogP contribution is 2.10. The van der Waals surface area contributed by atoms with Gasteiger partial charge < -0.3 is 0 Å². The van der Waals surface area contributed by atoms with Crippen molar-refractivity contribution in [3.05, 3.63) is 48.8 Å². The molecule has 0 unspecified atom stereocenters. The monoisotopic (exact) mass is 188 g/mol. The van der Waals surface area contributed by atoms with E-state index < -0.39 is 0 Å². The molecule has 2 aromatic heterocycles. The molecule has 0 aliphatic carbocycles. The summed E-state index contributed by atoms with van der Waals surface area (Å²) in [5, 5.41) is 0. The second-order valence-electron chi connectivity index (χ2n) is 2.43. The van der Waals surface area contributed by atoms with E-state index in [4.69, 9.17) is 0 Å². The van der Waals surface area contributed by atoms with Gasteiger partial charge in [0.05, 0.1) is 11.4 Å². The number of hydrogen-bond donors (Lipinski definition) is 2. The number of nitrogens with two attached hydrogens (primary N) is 2. The van der Waals surface area contributed by atoms with Gasteiger partial charge in [-0.1, -0.05) is 12.1 Å². The van der Waals surface area contributed by atoms with Crippen LogP contribution >= 0.6 is 0 Å². The first kappa shape index (κ1) is 10.3. The Bertz CT molecular complexity index is 310. The lowest BCUT2D eigenvalue weighted by Gasteiger charge is -1.96. The fourth-order valence-corrected chi connectivity index (χ4v) is 1.03. The molecule has 0 saturated carbocycles. The highest BCUT2D eigenvalue weighted by molar-refractivity contribution is 5.52. The van der Waals surface area contributed by atoms with Crippen LogP contribution in [0.15, 0.2) is 48.8 Å². The lowest BCUT2D eigenvalue weighted by Crippen LogP contribution is -2.02. The summed E-state index contributed by atoms with van der Waals surface area (Å²) in [5.41, 5.74) is 1.83. The van der Waals surface area contributed by atoms with Gasteiger partial charge in [0.2, 0.25) is 0 Å². The van der Waals surface area contributed by atoms with E-state index in [9.17, 15) is 0 Å². The predicted molar refractivity (Wildman–Crippen MR) is 55.8 cm³/mol. The van der Waals surface area contributed by atoms with Gasteiger partial charge in [-0.3, -0.25) is 21.7 Å². The zero-order chi connectivity index (χ0) is 10.2. The van der Waals surface area contributed by atoms with E-state index in [1.807, 2.05) is 36.4 Å². The maximum Gasteiger partial charge on any atom is 0.0886 e. The molecule has 2 heterocycles. The fourth-order valence-electron chi connectivity index (χ4n) is 1.03. The van der Waals surface area contributed by atoms with Gasteiger partial charge >= 0.3 is 0 Å². The fraction of sp³-hybridized carbons (Fsp3) is 0. The molecule has 0 radical (unpaired) electrons. The van der Waals surface area contributed by atoms with Crippen LogP contribution in [0.2, 0.25) is 0 Å². The molecule has 0 aromatic carbocycles. The molecule has 4 heteroatoms. The highest BCUT2D eigenvalue weighted by Gasteiger charge is 1.95. The molecule has 0 amide bonds. The van der Waals surface area contributed by atoms with Crippen molar-refractivity contribution in [2.24, 2.45) is 11.7 Å².